The monoisotopic (exact) mass is 269 g/mol. The first kappa shape index (κ1) is 15.3. The van der Waals surface area contributed by atoms with Crippen molar-refractivity contribution >= 4 is 17.5 Å². The Balaban J connectivity index is 2.62. The van der Waals surface area contributed by atoms with Crippen LogP contribution in [0.5, 0.6) is 0 Å². The molecular formula is C14H23NO2S. The van der Waals surface area contributed by atoms with E-state index in [-0.39, 0.29) is 18.3 Å². The number of hydrogen-bond acceptors (Lipinski definition) is 3. The van der Waals surface area contributed by atoms with Crippen LogP contribution in [0.25, 0.3) is 0 Å². The second-order valence-electron chi connectivity index (χ2n) is 4.76. The van der Waals surface area contributed by atoms with Gasteiger partial charge >= 0.3 is 0 Å². The van der Waals surface area contributed by atoms with E-state index < -0.39 is 0 Å². The number of carbonyl (C=O) groups is 1. The van der Waals surface area contributed by atoms with Crippen molar-refractivity contribution in [1.82, 2.24) is 4.57 Å². The Labute approximate surface area is 114 Å². The fraction of sp³-hybridized carbons (Fsp3) is 0.643. The van der Waals surface area contributed by atoms with Gasteiger partial charge in [0.05, 0.1) is 5.75 Å². The van der Waals surface area contributed by atoms with Crippen molar-refractivity contribution in [3.63, 3.8) is 0 Å². The molecule has 0 saturated heterocycles. The number of rotatable bonds is 7. The van der Waals surface area contributed by atoms with E-state index >= 15 is 0 Å². The number of nitrogens with zero attached hydrogens (tertiary/aromatic N) is 1. The highest BCUT2D eigenvalue weighted by atomic mass is 32.2. The fourth-order valence-corrected chi connectivity index (χ4v) is 3.02. The Kier molecular flexibility index (Phi) is 5.96. The van der Waals surface area contributed by atoms with E-state index in [2.05, 4.69) is 11.5 Å². The van der Waals surface area contributed by atoms with Crippen molar-refractivity contribution in [2.45, 2.75) is 34.2 Å². The number of aliphatic hydroxyl groups excluding tert-OH is 1. The van der Waals surface area contributed by atoms with Gasteiger partial charge in [-0.1, -0.05) is 6.92 Å². The molecule has 1 heterocycles. The quantitative estimate of drug-likeness (QED) is 0.774. The molecule has 0 aliphatic rings. The molecular weight excluding hydrogens is 246 g/mol. The third-order valence-electron chi connectivity index (χ3n) is 3.14. The third-order valence-corrected chi connectivity index (χ3v) is 4.41. The van der Waals surface area contributed by atoms with Crippen molar-refractivity contribution in [1.29, 1.82) is 0 Å². The van der Waals surface area contributed by atoms with Gasteiger partial charge < -0.3 is 9.67 Å². The lowest BCUT2D eigenvalue weighted by Gasteiger charge is -2.07. The molecule has 0 aliphatic carbocycles. The van der Waals surface area contributed by atoms with Gasteiger partial charge in [0.15, 0.2) is 5.78 Å². The summed E-state index contributed by atoms with van der Waals surface area (Å²) in [4.78, 5) is 12.1. The molecule has 1 aromatic heterocycles. The van der Waals surface area contributed by atoms with E-state index in [1.165, 1.54) is 0 Å². The van der Waals surface area contributed by atoms with Crippen molar-refractivity contribution in [3.8, 4) is 0 Å². The first-order valence-corrected chi connectivity index (χ1v) is 7.55. The maximum Gasteiger partial charge on any atom is 0.174 e. The first-order valence-electron chi connectivity index (χ1n) is 6.39. The van der Waals surface area contributed by atoms with E-state index in [4.69, 9.17) is 5.11 Å². The largest absolute Gasteiger partial charge is 0.396 e. The van der Waals surface area contributed by atoms with E-state index in [1.807, 2.05) is 26.8 Å². The Morgan fingerprint density at radius 3 is 2.67 bits per heavy atom. The SMILES string of the molecule is CCn1c(C)cc(C(=O)CSCC(C)CO)c1C. The van der Waals surface area contributed by atoms with Crippen LogP contribution in [0.3, 0.4) is 0 Å². The topological polar surface area (TPSA) is 42.2 Å². The lowest BCUT2D eigenvalue weighted by atomic mass is 10.2. The summed E-state index contributed by atoms with van der Waals surface area (Å²) in [6.07, 6.45) is 0. The van der Waals surface area contributed by atoms with Gasteiger partial charge in [-0.25, -0.2) is 0 Å². The summed E-state index contributed by atoms with van der Waals surface area (Å²) in [6, 6.07) is 1.98. The highest BCUT2D eigenvalue weighted by molar-refractivity contribution is 7.99. The molecule has 1 aromatic rings. The Bertz CT molecular complexity index is 412. The van der Waals surface area contributed by atoms with Crippen LogP contribution in [0.15, 0.2) is 6.07 Å². The van der Waals surface area contributed by atoms with Gasteiger partial charge in [-0.05, 0) is 38.5 Å². The average Bonchev–Trinajstić information content (AvgIpc) is 2.64. The second-order valence-corrected chi connectivity index (χ2v) is 5.79. The summed E-state index contributed by atoms with van der Waals surface area (Å²) < 4.78 is 2.16. The molecule has 0 fully saturated rings. The van der Waals surface area contributed by atoms with Crippen LogP contribution >= 0.6 is 11.8 Å². The minimum Gasteiger partial charge on any atom is -0.396 e. The molecule has 1 atom stereocenters. The maximum absolute atomic E-state index is 12.1. The van der Waals surface area contributed by atoms with E-state index in [9.17, 15) is 4.79 Å². The Morgan fingerprint density at radius 1 is 1.50 bits per heavy atom. The Hall–Kier alpha value is -0.740. The van der Waals surface area contributed by atoms with E-state index in [1.54, 1.807) is 11.8 Å². The first-order chi connectivity index (χ1) is 8.51. The smallest absolute Gasteiger partial charge is 0.174 e. The zero-order valence-corrected chi connectivity index (χ0v) is 12.5. The van der Waals surface area contributed by atoms with Crippen molar-refractivity contribution < 1.29 is 9.90 Å². The number of Topliss-reactive ketones (excluding diaryl/α,β-unsaturated/α-hetero) is 1. The molecule has 0 aromatic carbocycles. The van der Waals surface area contributed by atoms with Crippen molar-refractivity contribution in [2.24, 2.45) is 5.92 Å². The standard InChI is InChI=1S/C14H23NO2S/c1-5-15-11(3)6-13(12(15)4)14(17)9-18-8-10(2)7-16/h6,10,16H,5,7-9H2,1-4H3. The lowest BCUT2D eigenvalue weighted by molar-refractivity contribution is 0.102. The fourth-order valence-electron chi connectivity index (χ4n) is 2.05. The molecule has 0 spiro atoms. The van der Waals surface area contributed by atoms with Crippen molar-refractivity contribution in [3.05, 3.63) is 23.0 Å². The summed E-state index contributed by atoms with van der Waals surface area (Å²) in [5.74, 6) is 1.77. The minimum absolute atomic E-state index is 0.186. The molecule has 18 heavy (non-hydrogen) atoms. The number of aromatic nitrogens is 1. The molecule has 1 N–H and O–H groups in total. The highest BCUT2D eigenvalue weighted by Gasteiger charge is 2.15. The predicted octanol–water partition coefficient (Wildman–Crippen LogP) is 2.67. The van der Waals surface area contributed by atoms with Gasteiger partial charge in [0.2, 0.25) is 0 Å². The number of carbonyl (C=O) groups excluding carboxylic acids is 1. The van der Waals surface area contributed by atoms with Gasteiger partial charge in [-0.3, -0.25) is 4.79 Å². The van der Waals surface area contributed by atoms with Gasteiger partial charge in [0.25, 0.3) is 0 Å². The summed E-state index contributed by atoms with van der Waals surface area (Å²) in [6.45, 7) is 9.20. The molecule has 102 valence electrons. The van der Waals surface area contributed by atoms with Crippen LogP contribution in [-0.2, 0) is 6.54 Å². The van der Waals surface area contributed by atoms with Crippen LogP contribution in [0.1, 0.15) is 35.6 Å². The summed E-state index contributed by atoms with van der Waals surface area (Å²) in [5.41, 5.74) is 3.06. The van der Waals surface area contributed by atoms with Crippen LogP contribution in [0, 0.1) is 19.8 Å². The third kappa shape index (κ3) is 3.62. The summed E-state index contributed by atoms with van der Waals surface area (Å²) in [7, 11) is 0. The molecule has 0 saturated carbocycles. The zero-order valence-electron chi connectivity index (χ0n) is 11.7. The lowest BCUT2D eigenvalue weighted by Crippen LogP contribution is -2.09. The molecule has 0 radical (unpaired) electrons. The van der Waals surface area contributed by atoms with Crippen LogP contribution in [0.2, 0.25) is 0 Å². The molecule has 1 rings (SSSR count). The van der Waals surface area contributed by atoms with Gasteiger partial charge in [0.1, 0.15) is 0 Å². The predicted molar refractivity (Wildman–Crippen MR) is 77.5 cm³/mol. The van der Waals surface area contributed by atoms with Crippen LogP contribution in [-0.4, -0.2) is 33.6 Å². The molecule has 4 heteroatoms. The number of thioether (sulfide) groups is 1. The van der Waals surface area contributed by atoms with Gasteiger partial charge in [0, 0.05) is 30.1 Å². The minimum atomic E-state index is 0.186. The Morgan fingerprint density at radius 2 is 2.17 bits per heavy atom. The molecule has 0 amide bonds. The molecule has 0 aliphatic heterocycles. The average molecular weight is 269 g/mol. The van der Waals surface area contributed by atoms with E-state index in [0.717, 1.165) is 29.2 Å². The number of ketones is 1. The number of hydrogen-bond donors (Lipinski definition) is 1. The molecule has 1 unspecified atom stereocenters. The van der Waals surface area contributed by atoms with Crippen LogP contribution in [0.4, 0.5) is 0 Å². The molecule has 3 nitrogen and oxygen atoms in total. The van der Waals surface area contributed by atoms with Gasteiger partial charge in [-0.2, -0.15) is 11.8 Å². The van der Waals surface area contributed by atoms with Gasteiger partial charge in [-0.15, -0.1) is 0 Å². The van der Waals surface area contributed by atoms with Crippen molar-refractivity contribution in [2.75, 3.05) is 18.1 Å². The highest BCUT2D eigenvalue weighted by Crippen LogP contribution is 2.18. The zero-order chi connectivity index (χ0) is 13.7. The van der Waals surface area contributed by atoms with Crippen LogP contribution < -0.4 is 0 Å². The maximum atomic E-state index is 12.1. The summed E-state index contributed by atoms with van der Waals surface area (Å²) >= 11 is 1.60. The summed E-state index contributed by atoms with van der Waals surface area (Å²) in [5, 5.41) is 8.93. The second kappa shape index (κ2) is 7.00. The van der Waals surface area contributed by atoms with E-state index in [0.29, 0.717) is 5.75 Å². The normalized spacial score (nSPS) is 12.7. The number of aliphatic hydroxyl groups is 1. The molecule has 0 bridgehead atoms. The number of aryl methyl sites for hydroxylation is 1.